The number of hydrogen-bond donors (Lipinski definition) is 1. The van der Waals surface area contributed by atoms with Crippen molar-refractivity contribution in [3.63, 3.8) is 0 Å². The van der Waals surface area contributed by atoms with Crippen LogP contribution < -0.4 is 5.32 Å². The van der Waals surface area contributed by atoms with E-state index < -0.39 is 0 Å². The first kappa shape index (κ1) is 15.8. The fourth-order valence-electron chi connectivity index (χ4n) is 2.26. The zero-order valence-electron chi connectivity index (χ0n) is 11.9. The number of nitrogens with one attached hydrogen (secondary N) is 1. The molecule has 0 saturated heterocycles. The zero-order valence-corrected chi connectivity index (χ0v) is 13.5. The van der Waals surface area contributed by atoms with Gasteiger partial charge in [-0.15, -0.1) is 0 Å². The van der Waals surface area contributed by atoms with Gasteiger partial charge in [-0.05, 0) is 59.8 Å². The number of hydrogen-bond acceptors (Lipinski definition) is 3. The van der Waals surface area contributed by atoms with Crippen molar-refractivity contribution in [3.05, 3.63) is 40.4 Å². The summed E-state index contributed by atoms with van der Waals surface area (Å²) in [4.78, 5) is 23.6. The summed E-state index contributed by atoms with van der Waals surface area (Å²) >= 11 is 3.37. The normalized spacial score (nSPS) is 16.8. The van der Waals surface area contributed by atoms with Gasteiger partial charge in [0.1, 0.15) is 0 Å². The molecule has 0 heterocycles. The van der Waals surface area contributed by atoms with Crippen LogP contribution in [0.1, 0.15) is 36.5 Å². The van der Waals surface area contributed by atoms with Crippen molar-refractivity contribution in [2.75, 3.05) is 11.9 Å². The third-order valence-corrected chi connectivity index (χ3v) is 3.97. The summed E-state index contributed by atoms with van der Waals surface area (Å²) in [6.45, 7) is 2.10. The van der Waals surface area contributed by atoms with Crippen LogP contribution in [-0.4, -0.2) is 18.5 Å². The molecule has 1 aromatic rings. The van der Waals surface area contributed by atoms with Gasteiger partial charge in [0.2, 0.25) is 5.91 Å². The van der Waals surface area contributed by atoms with E-state index >= 15 is 0 Å². The van der Waals surface area contributed by atoms with E-state index in [-0.39, 0.29) is 11.9 Å². The van der Waals surface area contributed by atoms with E-state index in [1.807, 2.05) is 0 Å². The second-order valence-corrected chi connectivity index (χ2v) is 5.79. The van der Waals surface area contributed by atoms with Crippen LogP contribution in [0.15, 0.2) is 34.8 Å². The fraction of sp³-hybridized carbons (Fsp3) is 0.375. The van der Waals surface area contributed by atoms with Crippen LogP contribution in [0.5, 0.6) is 0 Å². The highest BCUT2D eigenvalue weighted by Crippen LogP contribution is 2.26. The van der Waals surface area contributed by atoms with Crippen LogP contribution >= 0.6 is 15.9 Å². The van der Waals surface area contributed by atoms with E-state index in [0.29, 0.717) is 34.7 Å². The van der Waals surface area contributed by atoms with Crippen LogP contribution in [0.4, 0.5) is 5.69 Å². The first-order chi connectivity index (χ1) is 10.1. The topological polar surface area (TPSA) is 55.4 Å². The Hall–Kier alpha value is -1.62. The highest BCUT2D eigenvalue weighted by atomic mass is 79.9. The molecule has 2 rings (SSSR count). The summed E-state index contributed by atoms with van der Waals surface area (Å²) in [5.41, 5.74) is 1.12. The molecule has 5 heteroatoms. The predicted molar refractivity (Wildman–Crippen MR) is 85.2 cm³/mol. The smallest absolute Gasteiger partial charge is 0.338 e. The van der Waals surface area contributed by atoms with Crippen LogP contribution in [0.3, 0.4) is 0 Å². The van der Waals surface area contributed by atoms with E-state index in [1.165, 1.54) is 0 Å². The summed E-state index contributed by atoms with van der Waals surface area (Å²) in [5.74, 6) is -0.0501. The number of ether oxygens (including phenoxy) is 1. The van der Waals surface area contributed by atoms with Crippen LogP contribution in [-0.2, 0) is 9.53 Å². The molecule has 21 heavy (non-hydrogen) atoms. The van der Waals surface area contributed by atoms with Crippen molar-refractivity contribution < 1.29 is 14.3 Å². The molecule has 0 fully saturated rings. The molecular formula is C16H18BrNO3. The van der Waals surface area contributed by atoms with Crippen molar-refractivity contribution in [3.8, 4) is 0 Å². The third-order valence-electron chi connectivity index (χ3n) is 3.31. The Labute approximate surface area is 132 Å². The van der Waals surface area contributed by atoms with Gasteiger partial charge in [-0.25, -0.2) is 4.79 Å². The molecule has 4 nitrogen and oxygen atoms in total. The molecule has 1 amide bonds. The van der Waals surface area contributed by atoms with Gasteiger partial charge in [-0.2, -0.15) is 0 Å². The van der Waals surface area contributed by atoms with Gasteiger partial charge >= 0.3 is 5.97 Å². The van der Waals surface area contributed by atoms with Crippen molar-refractivity contribution in [2.24, 2.45) is 5.92 Å². The molecule has 1 unspecified atom stereocenters. The molecule has 1 aromatic carbocycles. The van der Waals surface area contributed by atoms with Crippen LogP contribution in [0.2, 0.25) is 0 Å². The standard InChI is InChI=1S/C16H18BrNO3/c1-2-21-16(20)12-7-8-14(13(17)10-12)18-15(19)9-11-5-3-4-6-11/h3,5,7-8,10-11H,2,4,6,9H2,1H3,(H,18,19). The number of rotatable bonds is 5. The summed E-state index contributed by atoms with van der Waals surface area (Å²) in [5, 5.41) is 2.86. The minimum atomic E-state index is -0.368. The molecule has 0 spiro atoms. The molecule has 1 N–H and O–H groups in total. The Morgan fingerprint density at radius 2 is 2.24 bits per heavy atom. The van der Waals surface area contributed by atoms with Gasteiger partial charge in [0.15, 0.2) is 0 Å². The predicted octanol–water partition coefficient (Wildman–Crippen LogP) is 3.92. The number of carbonyl (C=O) groups excluding carboxylic acids is 2. The molecule has 1 aliphatic rings. The number of anilines is 1. The molecule has 0 bridgehead atoms. The Morgan fingerprint density at radius 1 is 1.43 bits per heavy atom. The molecule has 0 saturated carbocycles. The number of esters is 1. The minimum Gasteiger partial charge on any atom is -0.462 e. The monoisotopic (exact) mass is 351 g/mol. The van der Waals surface area contributed by atoms with Gasteiger partial charge < -0.3 is 10.1 Å². The second kappa shape index (κ2) is 7.41. The second-order valence-electron chi connectivity index (χ2n) is 4.93. The van der Waals surface area contributed by atoms with Gasteiger partial charge in [0, 0.05) is 10.9 Å². The Morgan fingerprint density at radius 3 is 2.86 bits per heavy atom. The maximum absolute atomic E-state index is 12.0. The minimum absolute atomic E-state index is 0.0175. The molecule has 0 aliphatic heterocycles. The number of benzene rings is 1. The molecule has 112 valence electrons. The lowest BCUT2D eigenvalue weighted by Gasteiger charge is -2.11. The number of amides is 1. The maximum Gasteiger partial charge on any atom is 0.338 e. The van der Waals surface area contributed by atoms with Gasteiger partial charge in [-0.3, -0.25) is 4.79 Å². The average molecular weight is 352 g/mol. The summed E-state index contributed by atoms with van der Waals surface area (Å²) in [7, 11) is 0. The van der Waals surface area contributed by atoms with Gasteiger partial charge in [0.25, 0.3) is 0 Å². The Balaban J connectivity index is 1.98. The Kier molecular flexibility index (Phi) is 5.56. The first-order valence-electron chi connectivity index (χ1n) is 7.03. The van der Waals surface area contributed by atoms with Crippen molar-refractivity contribution >= 4 is 33.5 Å². The lowest BCUT2D eigenvalue weighted by Crippen LogP contribution is -2.15. The summed E-state index contributed by atoms with van der Waals surface area (Å²) in [6, 6.07) is 5.01. The van der Waals surface area contributed by atoms with Crippen molar-refractivity contribution in [2.45, 2.75) is 26.2 Å². The number of halogens is 1. The van der Waals surface area contributed by atoms with Crippen molar-refractivity contribution in [1.29, 1.82) is 0 Å². The number of allylic oxidation sites excluding steroid dienone is 2. The zero-order chi connectivity index (χ0) is 15.2. The van der Waals surface area contributed by atoms with Crippen LogP contribution in [0.25, 0.3) is 0 Å². The quantitative estimate of drug-likeness (QED) is 0.646. The molecular weight excluding hydrogens is 334 g/mol. The number of carbonyl (C=O) groups is 2. The van der Waals surface area contributed by atoms with Gasteiger partial charge in [0.05, 0.1) is 17.9 Å². The molecule has 1 aliphatic carbocycles. The van der Waals surface area contributed by atoms with Crippen LogP contribution in [0, 0.1) is 5.92 Å². The molecule has 0 aromatic heterocycles. The lowest BCUT2D eigenvalue weighted by molar-refractivity contribution is -0.116. The van der Waals surface area contributed by atoms with E-state index in [2.05, 4.69) is 33.4 Å². The molecule has 0 radical (unpaired) electrons. The van der Waals surface area contributed by atoms with Gasteiger partial charge in [-0.1, -0.05) is 12.2 Å². The summed E-state index contributed by atoms with van der Waals surface area (Å²) < 4.78 is 5.61. The lowest BCUT2D eigenvalue weighted by atomic mass is 10.0. The third kappa shape index (κ3) is 4.43. The maximum atomic E-state index is 12.0. The van der Waals surface area contributed by atoms with Crippen molar-refractivity contribution in [1.82, 2.24) is 0 Å². The largest absolute Gasteiger partial charge is 0.462 e. The summed E-state index contributed by atoms with van der Waals surface area (Å²) in [6.07, 6.45) is 6.79. The van der Waals surface area contributed by atoms with E-state index in [4.69, 9.17) is 4.74 Å². The van der Waals surface area contributed by atoms with E-state index in [0.717, 1.165) is 12.8 Å². The molecule has 1 atom stereocenters. The fourth-order valence-corrected chi connectivity index (χ4v) is 2.74. The Bertz CT molecular complexity index is 569. The first-order valence-corrected chi connectivity index (χ1v) is 7.82. The average Bonchev–Trinajstić information content (AvgIpc) is 2.94. The SMILES string of the molecule is CCOC(=O)c1ccc(NC(=O)CC2C=CCC2)c(Br)c1. The highest BCUT2D eigenvalue weighted by Gasteiger charge is 2.15. The van der Waals surface area contributed by atoms with E-state index in [1.54, 1.807) is 25.1 Å². The van der Waals surface area contributed by atoms with E-state index in [9.17, 15) is 9.59 Å². The highest BCUT2D eigenvalue weighted by molar-refractivity contribution is 9.10.